The lowest BCUT2D eigenvalue weighted by Gasteiger charge is -2.07. The van der Waals surface area contributed by atoms with Crippen molar-refractivity contribution in [1.82, 2.24) is 9.78 Å². The van der Waals surface area contributed by atoms with Crippen molar-refractivity contribution >= 4 is 5.82 Å². The third kappa shape index (κ3) is 2.18. The zero-order chi connectivity index (χ0) is 12.4. The molecule has 1 heterocycles. The summed E-state index contributed by atoms with van der Waals surface area (Å²) in [4.78, 5) is 0. The van der Waals surface area contributed by atoms with E-state index in [-0.39, 0.29) is 0 Å². The highest BCUT2D eigenvalue weighted by molar-refractivity contribution is 5.67. The molecule has 0 bridgehead atoms. The quantitative estimate of drug-likeness (QED) is 0.879. The van der Waals surface area contributed by atoms with Gasteiger partial charge in [-0.2, -0.15) is 5.10 Å². The molecule has 0 saturated heterocycles. The number of anilines is 1. The van der Waals surface area contributed by atoms with Gasteiger partial charge in [-0.1, -0.05) is 26.0 Å². The van der Waals surface area contributed by atoms with Crippen LogP contribution < -0.4 is 5.73 Å². The van der Waals surface area contributed by atoms with Crippen LogP contribution in [0, 0.1) is 0 Å². The van der Waals surface area contributed by atoms with E-state index in [2.05, 4.69) is 37.1 Å². The summed E-state index contributed by atoms with van der Waals surface area (Å²) in [5.41, 5.74) is 10.7. The third-order valence-corrected chi connectivity index (χ3v) is 3.16. The van der Waals surface area contributed by atoms with E-state index in [0.717, 1.165) is 18.5 Å². The summed E-state index contributed by atoms with van der Waals surface area (Å²) in [6, 6.07) is 8.54. The van der Waals surface area contributed by atoms with E-state index >= 15 is 0 Å². The Balaban J connectivity index is 2.55. The maximum Gasteiger partial charge on any atom is 0.121 e. The van der Waals surface area contributed by atoms with Gasteiger partial charge in [0.25, 0.3) is 0 Å². The van der Waals surface area contributed by atoms with Gasteiger partial charge in [0.1, 0.15) is 5.82 Å². The highest BCUT2D eigenvalue weighted by Crippen LogP contribution is 2.26. The predicted molar refractivity (Wildman–Crippen MR) is 71.8 cm³/mol. The first-order chi connectivity index (χ1) is 8.15. The fourth-order valence-corrected chi connectivity index (χ4v) is 2.00. The monoisotopic (exact) mass is 229 g/mol. The normalized spacial score (nSPS) is 10.8. The van der Waals surface area contributed by atoms with E-state index in [9.17, 15) is 0 Å². The molecule has 0 fully saturated rings. The molecule has 0 aliphatic carbocycles. The second-order valence-corrected chi connectivity index (χ2v) is 4.28. The Labute approximate surface area is 102 Å². The Kier molecular flexibility index (Phi) is 3.18. The SMILES string of the molecule is CCc1ccc(CC)c(-c2cc(N)n(C)n2)c1. The van der Waals surface area contributed by atoms with Gasteiger partial charge in [0.05, 0.1) is 5.69 Å². The van der Waals surface area contributed by atoms with Crippen LogP contribution in [-0.2, 0) is 19.9 Å². The summed E-state index contributed by atoms with van der Waals surface area (Å²) < 4.78 is 1.72. The lowest BCUT2D eigenvalue weighted by molar-refractivity contribution is 0.782. The Morgan fingerprint density at radius 2 is 1.94 bits per heavy atom. The lowest BCUT2D eigenvalue weighted by Crippen LogP contribution is -1.97. The Morgan fingerprint density at radius 1 is 1.18 bits per heavy atom. The molecule has 0 radical (unpaired) electrons. The van der Waals surface area contributed by atoms with Gasteiger partial charge in [-0.3, -0.25) is 4.68 Å². The van der Waals surface area contributed by atoms with Crippen LogP contribution in [0.15, 0.2) is 24.3 Å². The average molecular weight is 229 g/mol. The number of nitrogen functional groups attached to an aromatic ring is 1. The van der Waals surface area contributed by atoms with E-state index in [1.54, 1.807) is 4.68 Å². The molecule has 17 heavy (non-hydrogen) atoms. The van der Waals surface area contributed by atoms with Crippen LogP contribution >= 0.6 is 0 Å². The highest BCUT2D eigenvalue weighted by atomic mass is 15.3. The molecular weight excluding hydrogens is 210 g/mol. The molecule has 3 nitrogen and oxygen atoms in total. The zero-order valence-corrected chi connectivity index (χ0v) is 10.7. The van der Waals surface area contributed by atoms with Crippen LogP contribution in [0.4, 0.5) is 5.82 Å². The average Bonchev–Trinajstić information content (AvgIpc) is 2.68. The molecule has 3 heteroatoms. The first-order valence-corrected chi connectivity index (χ1v) is 6.07. The van der Waals surface area contributed by atoms with Gasteiger partial charge in [0.2, 0.25) is 0 Å². The molecule has 0 aliphatic rings. The summed E-state index contributed by atoms with van der Waals surface area (Å²) in [7, 11) is 1.87. The smallest absolute Gasteiger partial charge is 0.121 e. The molecule has 90 valence electrons. The minimum Gasteiger partial charge on any atom is -0.384 e. The molecule has 1 aromatic heterocycles. The zero-order valence-electron chi connectivity index (χ0n) is 10.7. The van der Waals surface area contributed by atoms with Crippen molar-refractivity contribution in [2.45, 2.75) is 26.7 Å². The molecule has 0 unspecified atom stereocenters. The topological polar surface area (TPSA) is 43.8 Å². The van der Waals surface area contributed by atoms with Gasteiger partial charge in [-0.25, -0.2) is 0 Å². The molecular formula is C14H19N3. The van der Waals surface area contributed by atoms with Gasteiger partial charge in [0, 0.05) is 18.7 Å². The lowest BCUT2D eigenvalue weighted by atomic mass is 9.98. The van der Waals surface area contributed by atoms with Crippen molar-refractivity contribution in [3.8, 4) is 11.3 Å². The molecule has 0 amide bonds. The van der Waals surface area contributed by atoms with Crippen LogP contribution in [0.1, 0.15) is 25.0 Å². The van der Waals surface area contributed by atoms with E-state index < -0.39 is 0 Å². The first-order valence-electron chi connectivity index (χ1n) is 6.07. The Morgan fingerprint density at radius 3 is 2.47 bits per heavy atom. The maximum absolute atomic E-state index is 5.84. The number of rotatable bonds is 3. The number of aromatic nitrogens is 2. The van der Waals surface area contributed by atoms with Crippen molar-refractivity contribution in [3.63, 3.8) is 0 Å². The van der Waals surface area contributed by atoms with Crippen LogP contribution in [0.5, 0.6) is 0 Å². The number of hydrogen-bond acceptors (Lipinski definition) is 2. The van der Waals surface area contributed by atoms with Gasteiger partial charge in [0.15, 0.2) is 0 Å². The second kappa shape index (κ2) is 4.62. The third-order valence-electron chi connectivity index (χ3n) is 3.16. The number of nitrogens with two attached hydrogens (primary N) is 1. The number of nitrogens with zero attached hydrogens (tertiary/aromatic N) is 2. The van der Waals surface area contributed by atoms with Gasteiger partial charge in [-0.15, -0.1) is 0 Å². The van der Waals surface area contributed by atoms with Crippen molar-refractivity contribution < 1.29 is 0 Å². The van der Waals surface area contributed by atoms with Crippen LogP contribution in [0.25, 0.3) is 11.3 Å². The molecule has 2 N–H and O–H groups in total. The number of benzene rings is 1. The Bertz CT molecular complexity index is 507. The van der Waals surface area contributed by atoms with Crippen molar-refractivity contribution in [2.24, 2.45) is 7.05 Å². The van der Waals surface area contributed by atoms with Gasteiger partial charge >= 0.3 is 0 Å². The predicted octanol–water partition coefficient (Wildman–Crippen LogP) is 2.79. The summed E-state index contributed by atoms with van der Waals surface area (Å²) in [5.74, 6) is 0.698. The van der Waals surface area contributed by atoms with E-state index in [1.165, 1.54) is 16.7 Å². The molecule has 1 aromatic carbocycles. The van der Waals surface area contributed by atoms with Gasteiger partial charge in [-0.05, 0) is 30.0 Å². The largest absolute Gasteiger partial charge is 0.384 e. The van der Waals surface area contributed by atoms with E-state index in [0.29, 0.717) is 5.82 Å². The fraction of sp³-hybridized carbons (Fsp3) is 0.357. The van der Waals surface area contributed by atoms with Gasteiger partial charge < -0.3 is 5.73 Å². The molecule has 2 rings (SSSR count). The molecule has 0 atom stereocenters. The Hall–Kier alpha value is -1.77. The molecule has 0 saturated carbocycles. The second-order valence-electron chi connectivity index (χ2n) is 4.28. The standard InChI is InChI=1S/C14H19N3/c1-4-10-6-7-11(5-2)12(8-10)13-9-14(15)17(3)16-13/h6-9H,4-5,15H2,1-3H3. The summed E-state index contributed by atoms with van der Waals surface area (Å²) in [6.07, 6.45) is 2.05. The minimum atomic E-state index is 0.698. The molecule has 0 spiro atoms. The van der Waals surface area contributed by atoms with Crippen molar-refractivity contribution in [3.05, 3.63) is 35.4 Å². The number of hydrogen-bond donors (Lipinski definition) is 1. The molecule has 2 aromatic rings. The van der Waals surface area contributed by atoms with Crippen molar-refractivity contribution in [2.75, 3.05) is 5.73 Å². The van der Waals surface area contributed by atoms with E-state index in [1.807, 2.05) is 13.1 Å². The van der Waals surface area contributed by atoms with E-state index in [4.69, 9.17) is 5.73 Å². The number of aryl methyl sites for hydroxylation is 3. The highest BCUT2D eigenvalue weighted by Gasteiger charge is 2.09. The summed E-state index contributed by atoms with van der Waals surface area (Å²) in [5, 5.41) is 4.46. The van der Waals surface area contributed by atoms with Crippen LogP contribution in [0.3, 0.4) is 0 Å². The van der Waals surface area contributed by atoms with Crippen LogP contribution in [0.2, 0.25) is 0 Å². The summed E-state index contributed by atoms with van der Waals surface area (Å²) >= 11 is 0. The minimum absolute atomic E-state index is 0.698. The fourth-order valence-electron chi connectivity index (χ4n) is 2.00. The maximum atomic E-state index is 5.84. The summed E-state index contributed by atoms with van der Waals surface area (Å²) in [6.45, 7) is 4.33. The van der Waals surface area contributed by atoms with Crippen LogP contribution in [-0.4, -0.2) is 9.78 Å². The first kappa shape index (κ1) is 11.7. The van der Waals surface area contributed by atoms with Crippen molar-refractivity contribution in [1.29, 1.82) is 0 Å². The molecule has 0 aliphatic heterocycles.